The van der Waals surface area contributed by atoms with Crippen LogP contribution in [-0.2, 0) is 0 Å². The summed E-state index contributed by atoms with van der Waals surface area (Å²) in [5, 5.41) is 8.21. The third kappa shape index (κ3) is 5.47. The lowest BCUT2D eigenvalue weighted by atomic mass is 9.99. The molecule has 5 aromatic rings. The molecule has 0 bridgehead atoms. The summed E-state index contributed by atoms with van der Waals surface area (Å²) in [5.41, 5.74) is 1.45. The minimum Gasteiger partial charge on any atom is -0.274 e. The molecule has 1 aliphatic carbocycles. The maximum atomic E-state index is 2.60. The summed E-state index contributed by atoms with van der Waals surface area (Å²) in [6.45, 7) is 2.38. The average molecular weight is 541 g/mol. The fourth-order valence-corrected chi connectivity index (χ4v) is 10.5. The molecule has 6 rings (SSSR count). The number of hydrogen-bond acceptors (Lipinski definition) is 1. The maximum absolute atomic E-state index is 2.60. The summed E-state index contributed by atoms with van der Waals surface area (Å²) in [6.07, 6.45) is 6.97. The molecule has 1 aliphatic rings. The summed E-state index contributed by atoms with van der Waals surface area (Å²) in [4.78, 5) is 0. The maximum Gasteiger partial charge on any atom is 0.0281 e. The van der Waals surface area contributed by atoms with E-state index >= 15 is 0 Å². The van der Waals surface area contributed by atoms with Crippen molar-refractivity contribution in [1.82, 2.24) is 4.67 Å². The van der Waals surface area contributed by atoms with Crippen molar-refractivity contribution in [3.05, 3.63) is 164 Å². The van der Waals surface area contributed by atoms with E-state index < -0.39 is 16.0 Å². The molecule has 2 atom stereocenters. The SMILES string of the molecule is C[C@H]([C]1[CH][CH][CH][C]1[P@@](c1ccccc1)c1cccc2ccccc12)N(C)P(c1ccccc1)c1ccccc1. The van der Waals surface area contributed by atoms with Gasteiger partial charge in [-0.25, -0.2) is 0 Å². The predicted molar refractivity (Wildman–Crippen MR) is 172 cm³/mol. The summed E-state index contributed by atoms with van der Waals surface area (Å²) in [6, 6.07) is 48.9. The molecule has 0 aromatic heterocycles. The van der Waals surface area contributed by atoms with Crippen molar-refractivity contribution in [3.8, 4) is 0 Å². The third-order valence-electron chi connectivity index (χ3n) is 7.42. The van der Waals surface area contributed by atoms with Crippen LogP contribution in [0.3, 0.4) is 0 Å². The predicted octanol–water partition coefficient (Wildman–Crippen LogP) is 7.37. The lowest BCUT2D eigenvalue weighted by molar-refractivity contribution is 0.454. The summed E-state index contributed by atoms with van der Waals surface area (Å²) >= 11 is 0. The molecule has 0 spiro atoms. The second-order valence-corrected chi connectivity index (χ2v) is 14.2. The van der Waals surface area contributed by atoms with Crippen LogP contribution in [0.2, 0.25) is 0 Å². The topological polar surface area (TPSA) is 3.24 Å². The monoisotopic (exact) mass is 540 g/mol. The van der Waals surface area contributed by atoms with Crippen molar-refractivity contribution in [2.24, 2.45) is 0 Å². The van der Waals surface area contributed by atoms with Gasteiger partial charge in [-0.2, -0.15) is 0 Å². The van der Waals surface area contributed by atoms with Crippen LogP contribution in [-0.4, -0.2) is 17.8 Å². The van der Waals surface area contributed by atoms with E-state index in [1.807, 2.05) is 0 Å². The lowest BCUT2D eigenvalue weighted by Crippen LogP contribution is -2.37. The highest BCUT2D eigenvalue weighted by Gasteiger charge is 2.42. The van der Waals surface area contributed by atoms with Crippen molar-refractivity contribution in [2.75, 3.05) is 7.05 Å². The molecule has 1 saturated carbocycles. The van der Waals surface area contributed by atoms with E-state index in [9.17, 15) is 0 Å². The Bertz CT molecular complexity index is 1440. The fourth-order valence-electron chi connectivity index (χ4n) is 5.40. The second kappa shape index (κ2) is 12.1. The Morgan fingerprint density at radius 1 is 0.564 bits per heavy atom. The Morgan fingerprint density at radius 2 is 1.10 bits per heavy atom. The van der Waals surface area contributed by atoms with Crippen LogP contribution < -0.4 is 21.2 Å². The fraction of sp³-hybridized carbons (Fsp3) is 0.0833. The average Bonchev–Trinajstić information content (AvgIpc) is 3.48. The molecular formula is C36H32NP2. The largest absolute Gasteiger partial charge is 0.274 e. The van der Waals surface area contributed by atoms with Gasteiger partial charge in [-0.1, -0.05) is 133 Å². The molecule has 5 aromatic carbocycles. The van der Waals surface area contributed by atoms with Crippen LogP contribution in [0, 0.1) is 30.8 Å². The molecule has 0 N–H and O–H groups in total. The summed E-state index contributed by atoms with van der Waals surface area (Å²) in [5.74, 6) is 1.42. The zero-order valence-corrected chi connectivity index (χ0v) is 24.1. The van der Waals surface area contributed by atoms with Crippen LogP contribution in [0.25, 0.3) is 10.8 Å². The Hall–Kier alpha value is -2.82. The molecule has 39 heavy (non-hydrogen) atoms. The molecule has 1 nitrogen and oxygen atoms in total. The molecule has 5 radical (unpaired) electrons. The molecule has 191 valence electrons. The van der Waals surface area contributed by atoms with Crippen LogP contribution in [0.1, 0.15) is 6.92 Å². The molecule has 0 amide bonds. The first-order valence-corrected chi connectivity index (χ1v) is 16.1. The van der Waals surface area contributed by atoms with Gasteiger partial charge in [0.1, 0.15) is 0 Å². The summed E-state index contributed by atoms with van der Waals surface area (Å²) in [7, 11) is 0.883. The Morgan fingerprint density at radius 3 is 1.74 bits per heavy atom. The van der Waals surface area contributed by atoms with E-state index in [0.717, 1.165) is 0 Å². The Labute approximate surface area is 236 Å². The number of rotatable bonds is 8. The van der Waals surface area contributed by atoms with Gasteiger partial charge in [0.2, 0.25) is 0 Å². The van der Waals surface area contributed by atoms with Crippen LogP contribution in [0.4, 0.5) is 0 Å². The first-order chi connectivity index (χ1) is 19.2. The van der Waals surface area contributed by atoms with Gasteiger partial charge in [0.05, 0.1) is 0 Å². The van der Waals surface area contributed by atoms with Crippen LogP contribution in [0.15, 0.2) is 133 Å². The van der Waals surface area contributed by atoms with E-state index in [1.165, 1.54) is 43.6 Å². The second-order valence-electron chi connectivity index (χ2n) is 9.77. The van der Waals surface area contributed by atoms with Gasteiger partial charge < -0.3 is 0 Å². The van der Waals surface area contributed by atoms with E-state index in [2.05, 4.69) is 171 Å². The summed E-state index contributed by atoms with van der Waals surface area (Å²) < 4.78 is 2.60. The standard InChI is InChI=1S/C36H32NP2/c1-28(37(2)39(31-20-8-4-9-21-31)32-22-10-5-11-23-32)33-25-15-27-35(33)38(30-18-6-3-7-19-30)36-26-14-17-29-16-12-13-24-34(29)36/h3-28H,1-2H3/t28-,38-/m1/s1. The third-order valence-corrected chi connectivity index (χ3v) is 12.5. The highest BCUT2D eigenvalue weighted by Crippen LogP contribution is 2.59. The van der Waals surface area contributed by atoms with Crippen molar-refractivity contribution in [3.63, 3.8) is 0 Å². The molecule has 3 heteroatoms. The molecule has 0 saturated heterocycles. The molecule has 0 aliphatic heterocycles. The van der Waals surface area contributed by atoms with E-state index in [1.54, 1.807) is 0 Å². The first kappa shape index (κ1) is 26.4. The zero-order valence-electron chi connectivity index (χ0n) is 22.4. The van der Waals surface area contributed by atoms with Gasteiger partial charge in [-0.3, -0.25) is 4.67 Å². The molecule has 0 unspecified atom stereocenters. The lowest BCUT2D eigenvalue weighted by Gasteiger charge is -2.40. The van der Waals surface area contributed by atoms with Crippen molar-refractivity contribution in [1.29, 1.82) is 0 Å². The number of fused-ring (bicyclic) bond motifs is 1. The van der Waals surface area contributed by atoms with E-state index in [-0.39, 0.29) is 6.04 Å². The van der Waals surface area contributed by atoms with Gasteiger partial charge in [0, 0.05) is 25.7 Å². The number of nitrogens with zero attached hydrogens (tertiary/aromatic N) is 1. The van der Waals surface area contributed by atoms with Crippen molar-refractivity contribution in [2.45, 2.75) is 13.0 Å². The highest BCUT2D eigenvalue weighted by molar-refractivity contribution is 7.76. The van der Waals surface area contributed by atoms with Gasteiger partial charge in [-0.05, 0) is 73.1 Å². The normalized spacial score (nSPS) is 16.2. The van der Waals surface area contributed by atoms with Crippen LogP contribution in [0.5, 0.6) is 0 Å². The molecule has 0 heterocycles. The van der Waals surface area contributed by atoms with Gasteiger partial charge >= 0.3 is 0 Å². The molecular weight excluding hydrogens is 508 g/mol. The Balaban J connectivity index is 1.40. The van der Waals surface area contributed by atoms with E-state index in [4.69, 9.17) is 0 Å². The number of benzene rings is 5. The van der Waals surface area contributed by atoms with Crippen molar-refractivity contribution >= 4 is 48.0 Å². The first-order valence-electron chi connectivity index (χ1n) is 13.4. The number of hydrogen-bond donors (Lipinski definition) is 0. The smallest absolute Gasteiger partial charge is 0.0281 e. The van der Waals surface area contributed by atoms with Gasteiger partial charge in [0.25, 0.3) is 0 Å². The Kier molecular flexibility index (Phi) is 8.22. The quantitative estimate of drug-likeness (QED) is 0.186. The molecule has 1 fully saturated rings. The van der Waals surface area contributed by atoms with Crippen molar-refractivity contribution < 1.29 is 0 Å². The minimum atomic E-state index is -0.734. The zero-order chi connectivity index (χ0) is 26.6. The van der Waals surface area contributed by atoms with E-state index in [0.29, 0.717) is 0 Å². The van der Waals surface area contributed by atoms with Gasteiger partial charge in [-0.15, -0.1) is 0 Å². The minimum absolute atomic E-state index is 0.241. The van der Waals surface area contributed by atoms with Crippen LogP contribution >= 0.6 is 16.0 Å². The van der Waals surface area contributed by atoms with Gasteiger partial charge in [0.15, 0.2) is 0 Å². The highest BCUT2D eigenvalue weighted by atomic mass is 31.1.